The van der Waals surface area contributed by atoms with Crippen molar-refractivity contribution in [3.8, 4) is 11.1 Å². The molecule has 0 fully saturated rings. The summed E-state index contributed by atoms with van der Waals surface area (Å²) in [6.07, 6.45) is 0.842. The number of carbonyl (C=O) groups is 3. The van der Waals surface area contributed by atoms with Gasteiger partial charge in [-0.3, -0.25) is 14.4 Å². The summed E-state index contributed by atoms with van der Waals surface area (Å²) in [6, 6.07) is 17.7. The Morgan fingerprint density at radius 2 is 1.60 bits per heavy atom. The zero-order valence-electron chi connectivity index (χ0n) is 17.5. The Morgan fingerprint density at radius 3 is 2.20 bits per heavy atom. The van der Waals surface area contributed by atoms with E-state index >= 15 is 0 Å². The monoisotopic (exact) mass is 411 g/mol. The number of esters is 1. The van der Waals surface area contributed by atoms with Gasteiger partial charge in [0, 0.05) is 12.5 Å². The van der Waals surface area contributed by atoms with E-state index in [1.165, 1.54) is 0 Å². The second-order valence-electron chi connectivity index (χ2n) is 7.31. The predicted molar refractivity (Wildman–Crippen MR) is 115 cm³/mol. The molecule has 6 nitrogen and oxygen atoms in total. The maximum absolute atomic E-state index is 12.3. The molecule has 0 aliphatic rings. The quantitative estimate of drug-likeness (QED) is 0.548. The molecule has 160 valence electrons. The van der Waals surface area contributed by atoms with Crippen LogP contribution in [0.1, 0.15) is 38.7 Å². The summed E-state index contributed by atoms with van der Waals surface area (Å²) >= 11 is 0. The lowest BCUT2D eigenvalue weighted by molar-refractivity contribution is -0.144. The van der Waals surface area contributed by atoms with Gasteiger partial charge in [0.1, 0.15) is 0 Å². The van der Waals surface area contributed by atoms with Crippen molar-refractivity contribution in [3.05, 3.63) is 60.2 Å². The van der Waals surface area contributed by atoms with E-state index in [-0.39, 0.29) is 31.4 Å². The largest absolute Gasteiger partial charge is 0.481 e. The minimum atomic E-state index is -0.903. The van der Waals surface area contributed by atoms with Crippen LogP contribution in [0.15, 0.2) is 54.6 Å². The van der Waals surface area contributed by atoms with E-state index in [0.29, 0.717) is 12.8 Å². The van der Waals surface area contributed by atoms with Crippen LogP contribution in [-0.4, -0.2) is 35.6 Å². The van der Waals surface area contributed by atoms with Gasteiger partial charge in [-0.2, -0.15) is 0 Å². The number of carboxylic acids is 1. The molecule has 0 radical (unpaired) electrons. The number of carboxylic acid groups (broad SMARTS) is 1. The van der Waals surface area contributed by atoms with Crippen LogP contribution in [0.3, 0.4) is 0 Å². The van der Waals surface area contributed by atoms with Gasteiger partial charge >= 0.3 is 11.9 Å². The molecule has 0 bridgehead atoms. The van der Waals surface area contributed by atoms with Gasteiger partial charge in [0.25, 0.3) is 0 Å². The van der Waals surface area contributed by atoms with Gasteiger partial charge in [0.05, 0.1) is 18.9 Å². The first kappa shape index (κ1) is 23.1. The fourth-order valence-electron chi connectivity index (χ4n) is 3.22. The molecule has 2 atom stereocenters. The Kier molecular flexibility index (Phi) is 9.06. The van der Waals surface area contributed by atoms with Gasteiger partial charge in [-0.05, 0) is 36.5 Å². The van der Waals surface area contributed by atoms with E-state index < -0.39 is 17.9 Å². The summed E-state index contributed by atoms with van der Waals surface area (Å²) in [5.41, 5.74) is 3.21. The summed E-state index contributed by atoms with van der Waals surface area (Å²) in [6.45, 7) is 3.61. The van der Waals surface area contributed by atoms with E-state index in [1.54, 1.807) is 13.8 Å². The van der Waals surface area contributed by atoms with Crippen molar-refractivity contribution >= 4 is 17.8 Å². The van der Waals surface area contributed by atoms with Crippen LogP contribution < -0.4 is 5.32 Å². The van der Waals surface area contributed by atoms with Gasteiger partial charge in [-0.25, -0.2) is 0 Å². The van der Waals surface area contributed by atoms with E-state index in [9.17, 15) is 19.5 Å². The average molecular weight is 411 g/mol. The van der Waals surface area contributed by atoms with Crippen LogP contribution in [0, 0.1) is 5.92 Å². The predicted octanol–water partition coefficient (Wildman–Crippen LogP) is 3.84. The Balaban J connectivity index is 2.02. The van der Waals surface area contributed by atoms with Crippen molar-refractivity contribution in [2.45, 2.75) is 45.6 Å². The minimum Gasteiger partial charge on any atom is -0.481 e. The number of ether oxygens (including phenoxy) is 1. The summed E-state index contributed by atoms with van der Waals surface area (Å²) in [5.74, 6) is -2.20. The fourth-order valence-corrected chi connectivity index (χ4v) is 3.22. The molecule has 6 heteroatoms. The zero-order valence-corrected chi connectivity index (χ0v) is 17.5. The van der Waals surface area contributed by atoms with E-state index in [1.807, 2.05) is 54.6 Å². The maximum Gasteiger partial charge on any atom is 0.306 e. The van der Waals surface area contributed by atoms with Crippen molar-refractivity contribution in [3.63, 3.8) is 0 Å². The number of aliphatic carboxylic acids is 1. The maximum atomic E-state index is 12.3. The number of benzene rings is 2. The standard InChI is InChI=1S/C24H29NO5/c1-3-30-23(27)14-13-22(26)25-21(15-17(2)24(28)29)16-18-9-11-20(12-10-18)19-7-5-4-6-8-19/h4-12,17,21H,3,13-16H2,1-2H3,(H,25,26)(H,28,29)/t17-,21?/m1/s1. The first-order valence-electron chi connectivity index (χ1n) is 10.2. The van der Waals surface area contributed by atoms with E-state index in [0.717, 1.165) is 16.7 Å². The Labute approximate surface area is 177 Å². The normalized spacial score (nSPS) is 12.6. The summed E-state index contributed by atoms with van der Waals surface area (Å²) in [7, 11) is 0. The van der Waals surface area contributed by atoms with Crippen molar-refractivity contribution in [2.75, 3.05) is 6.61 Å². The lowest BCUT2D eigenvalue weighted by Gasteiger charge is -2.21. The molecular formula is C24H29NO5. The van der Waals surface area contributed by atoms with Gasteiger partial charge < -0.3 is 15.2 Å². The highest BCUT2D eigenvalue weighted by atomic mass is 16.5. The highest BCUT2D eigenvalue weighted by molar-refractivity contribution is 5.81. The number of carbonyl (C=O) groups excluding carboxylic acids is 2. The minimum absolute atomic E-state index is 0.00660. The molecule has 0 saturated carbocycles. The van der Waals surface area contributed by atoms with Gasteiger partial charge in [-0.15, -0.1) is 0 Å². The van der Waals surface area contributed by atoms with Gasteiger partial charge in [-0.1, -0.05) is 61.5 Å². The molecule has 1 amide bonds. The molecule has 2 N–H and O–H groups in total. The highest BCUT2D eigenvalue weighted by Gasteiger charge is 2.21. The van der Waals surface area contributed by atoms with Crippen molar-refractivity contribution < 1.29 is 24.2 Å². The molecule has 0 heterocycles. The lowest BCUT2D eigenvalue weighted by atomic mass is 9.95. The molecule has 0 aromatic heterocycles. The average Bonchev–Trinajstić information content (AvgIpc) is 2.73. The third-order valence-electron chi connectivity index (χ3n) is 4.83. The molecule has 30 heavy (non-hydrogen) atoms. The first-order valence-corrected chi connectivity index (χ1v) is 10.2. The summed E-state index contributed by atoms with van der Waals surface area (Å²) in [5, 5.41) is 12.1. The lowest BCUT2D eigenvalue weighted by Crippen LogP contribution is -2.38. The second kappa shape index (κ2) is 11.8. The Bertz CT molecular complexity index is 832. The van der Waals surface area contributed by atoms with E-state index in [2.05, 4.69) is 5.32 Å². The molecule has 0 aliphatic heterocycles. The first-order chi connectivity index (χ1) is 14.4. The van der Waals surface area contributed by atoms with Crippen LogP contribution in [0.5, 0.6) is 0 Å². The molecule has 0 spiro atoms. The molecular weight excluding hydrogens is 382 g/mol. The van der Waals surface area contributed by atoms with Crippen LogP contribution in [0.25, 0.3) is 11.1 Å². The number of hydrogen-bond donors (Lipinski definition) is 2. The number of nitrogens with one attached hydrogen (secondary N) is 1. The highest BCUT2D eigenvalue weighted by Crippen LogP contribution is 2.20. The van der Waals surface area contributed by atoms with Crippen LogP contribution in [0.4, 0.5) is 0 Å². The molecule has 0 saturated heterocycles. The topological polar surface area (TPSA) is 92.7 Å². The third-order valence-corrected chi connectivity index (χ3v) is 4.83. The zero-order chi connectivity index (χ0) is 21.9. The molecule has 2 aromatic rings. The second-order valence-corrected chi connectivity index (χ2v) is 7.31. The Hall–Kier alpha value is -3.15. The number of hydrogen-bond acceptors (Lipinski definition) is 4. The number of amides is 1. The number of rotatable bonds is 11. The van der Waals surface area contributed by atoms with Crippen molar-refractivity contribution in [1.29, 1.82) is 0 Å². The smallest absolute Gasteiger partial charge is 0.306 e. The summed E-state index contributed by atoms with van der Waals surface area (Å²) in [4.78, 5) is 35.0. The fraction of sp³-hybridized carbons (Fsp3) is 0.375. The third kappa shape index (κ3) is 7.70. The van der Waals surface area contributed by atoms with Crippen LogP contribution in [-0.2, 0) is 25.5 Å². The van der Waals surface area contributed by atoms with E-state index in [4.69, 9.17) is 4.74 Å². The van der Waals surface area contributed by atoms with Crippen LogP contribution in [0.2, 0.25) is 0 Å². The SMILES string of the molecule is CCOC(=O)CCC(=O)NC(Cc1ccc(-c2ccccc2)cc1)C[C@@H](C)C(=O)O. The molecule has 2 rings (SSSR count). The Morgan fingerprint density at radius 1 is 0.967 bits per heavy atom. The molecule has 0 aliphatic carbocycles. The van der Waals surface area contributed by atoms with Crippen LogP contribution >= 0.6 is 0 Å². The van der Waals surface area contributed by atoms with Crippen molar-refractivity contribution in [1.82, 2.24) is 5.32 Å². The summed E-state index contributed by atoms with van der Waals surface area (Å²) < 4.78 is 4.84. The molecule has 2 aromatic carbocycles. The van der Waals surface area contributed by atoms with Gasteiger partial charge in [0.15, 0.2) is 0 Å². The van der Waals surface area contributed by atoms with Crippen molar-refractivity contribution in [2.24, 2.45) is 5.92 Å². The van der Waals surface area contributed by atoms with Gasteiger partial charge in [0.2, 0.25) is 5.91 Å². The molecule has 1 unspecified atom stereocenters.